The first-order valence-electron chi connectivity index (χ1n) is 4.51. The second kappa shape index (κ2) is 5.18. The van der Waals surface area contributed by atoms with Crippen LogP contribution < -0.4 is 0 Å². The quantitative estimate of drug-likeness (QED) is 0.581. The van der Waals surface area contributed by atoms with E-state index in [0.717, 1.165) is 26.2 Å². The smallest absolute Gasteiger partial charge is 0.0599 e. The predicted octanol–water partition coefficient (Wildman–Crippen LogP) is 0.978. The number of nitrogens with zero attached hydrogens (tertiary/aromatic N) is 1. The summed E-state index contributed by atoms with van der Waals surface area (Å²) in [6, 6.07) is 0. The Balaban J connectivity index is 2.26. The third-order valence-corrected chi connectivity index (χ3v) is 2.32. The average Bonchev–Trinajstić information content (AvgIpc) is 2.06. The Morgan fingerprint density at radius 2 is 2.50 bits per heavy atom. The molecule has 2 heteroatoms. The third kappa shape index (κ3) is 2.84. The van der Waals surface area contributed by atoms with Gasteiger partial charge >= 0.3 is 0 Å². The third-order valence-electron chi connectivity index (χ3n) is 2.32. The van der Waals surface area contributed by atoms with Crippen LogP contribution in [0.1, 0.15) is 12.8 Å². The van der Waals surface area contributed by atoms with Crippen LogP contribution in [0.2, 0.25) is 0 Å². The molecule has 1 atom stereocenters. The van der Waals surface area contributed by atoms with Crippen LogP contribution in [0.25, 0.3) is 0 Å². The van der Waals surface area contributed by atoms with E-state index in [-0.39, 0.29) is 0 Å². The molecule has 0 spiro atoms. The monoisotopic (exact) mass is 167 g/mol. The molecule has 1 unspecified atom stereocenters. The fourth-order valence-corrected chi connectivity index (χ4v) is 1.80. The highest BCUT2D eigenvalue weighted by Gasteiger charge is 2.18. The maximum atomic E-state index is 5.26. The molecular weight excluding hydrogens is 150 g/mol. The summed E-state index contributed by atoms with van der Waals surface area (Å²) >= 11 is 0. The highest BCUT2D eigenvalue weighted by molar-refractivity contribution is 4.89. The van der Waals surface area contributed by atoms with Crippen LogP contribution in [0, 0.1) is 18.3 Å². The first-order chi connectivity index (χ1) is 5.86. The van der Waals surface area contributed by atoms with Crippen molar-refractivity contribution in [3.05, 3.63) is 0 Å². The molecule has 12 heavy (non-hydrogen) atoms. The zero-order valence-corrected chi connectivity index (χ0v) is 7.75. The van der Waals surface area contributed by atoms with E-state index in [0.29, 0.717) is 5.92 Å². The molecule has 0 amide bonds. The summed E-state index contributed by atoms with van der Waals surface area (Å²) in [5, 5.41) is 0. The molecule has 1 rings (SSSR count). The second-order valence-electron chi connectivity index (χ2n) is 3.40. The molecule has 0 aromatic rings. The van der Waals surface area contributed by atoms with E-state index < -0.39 is 0 Å². The molecule has 0 aromatic carbocycles. The summed E-state index contributed by atoms with van der Waals surface area (Å²) < 4.78 is 5.13. The number of piperidine rings is 1. The summed E-state index contributed by atoms with van der Waals surface area (Å²) in [4.78, 5) is 2.33. The lowest BCUT2D eigenvalue weighted by atomic mass is 9.99. The lowest BCUT2D eigenvalue weighted by Gasteiger charge is -2.30. The lowest BCUT2D eigenvalue weighted by molar-refractivity contribution is 0.0969. The SMILES string of the molecule is C#CCN1CCCC(COC)C1. The van der Waals surface area contributed by atoms with Crippen LogP contribution in [-0.4, -0.2) is 38.3 Å². The van der Waals surface area contributed by atoms with E-state index in [2.05, 4.69) is 10.8 Å². The van der Waals surface area contributed by atoms with Gasteiger partial charge in [0.05, 0.1) is 13.2 Å². The summed E-state index contributed by atoms with van der Waals surface area (Å²) in [6.07, 6.45) is 7.80. The standard InChI is InChI=1S/C10H17NO/c1-3-6-11-7-4-5-10(8-11)9-12-2/h1,10H,4-9H2,2H3. The maximum absolute atomic E-state index is 5.26. The number of ether oxygens (including phenoxy) is 1. The van der Waals surface area contributed by atoms with Gasteiger partial charge in [0.15, 0.2) is 0 Å². The predicted molar refractivity (Wildman–Crippen MR) is 49.9 cm³/mol. The fraction of sp³-hybridized carbons (Fsp3) is 0.800. The van der Waals surface area contributed by atoms with Crippen molar-refractivity contribution in [1.82, 2.24) is 4.90 Å². The molecule has 0 saturated carbocycles. The lowest BCUT2D eigenvalue weighted by Crippen LogP contribution is -2.37. The van der Waals surface area contributed by atoms with Crippen LogP contribution >= 0.6 is 0 Å². The second-order valence-corrected chi connectivity index (χ2v) is 3.40. The molecule has 1 saturated heterocycles. The van der Waals surface area contributed by atoms with Crippen molar-refractivity contribution in [2.45, 2.75) is 12.8 Å². The minimum atomic E-state index is 0.692. The van der Waals surface area contributed by atoms with Gasteiger partial charge in [0.2, 0.25) is 0 Å². The van der Waals surface area contributed by atoms with Gasteiger partial charge in [-0.05, 0) is 25.3 Å². The number of likely N-dealkylation sites (tertiary alicyclic amines) is 1. The van der Waals surface area contributed by atoms with Crippen LogP contribution in [0.15, 0.2) is 0 Å². The molecular formula is C10H17NO. The molecule has 1 fully saturated rings. The Labute approximate surface area is 74.9 Å². The van der Waals surface area contributed by atoms with Crippen molar-refractivity contribution in [1.29, 1.82) is 0 Å². The Bertz CT molecular complexity index is 160. The molecule has 2 nitrogen and oxygen atoms in total. The molecule has 0 radical (unpaired) electrons. The van der Waals surface area contributed by atoms with Gasteiger partial charge in [-0.15, -0.1) is 6.42 Å². The van der Waals surface area contributed by atoms with Gasteiger partial charge in [0.1, 0.15) is 0 Å². The van der Waals surface area contributed by atoms with Crippen LogP contribution in [0.3, 0.4) is 0 Å². The molecule has 0 aliphatic carbocycles. The van der Waals surface area contributed by atoms with Crippen LogP contribution in [0.5, 0.6) is 0 Å². The van der Waals surface area contributed by atoms with Gasteiger partial charge in [-0.1, -0.05) is 5.92 Å². The highest BCUT2D eigenvalue weighted by Crippen LogP contribution is 2.15. The van der Waals surface area contributed by atoms with Crippen molar-refractivity contribution < 1.29 is 4.74 Å². The molecule has 1 heterocycles. The molecule has 0 bridgehead atoms. The van der Waals surface area contributed by atoms with Gasteiger partial charge < -0.3 is 4.74 Å². The summed E-state index contributed by atoms with van der Waals surface area (Å²) in [7, 11) is 1.76. The fourth-order valence-electron chi connectivity index (χ4n) is 1.80. The van der Waals surface area contributed by atoms with Gasteiger partial charge in [0, 0.05) is 13.7 Å². The van der Waals surface area contributed by atoms with Crippen molar-refractivity contribution in [3.63, 3.8) is 0 Å². The number of hydrogen-bond acceptors (Lipinski definition) is 2. The number of terminal acetylenes is 1. The topological polar surface area (TPSA) is 12.5 Å². The van der Waals surface area contributed by atoms with E-state index in [4.69, 9.17) is 11.2 Å². The molecule has 68 valence electrons. The Hall–Kier alpha value is -0.520. The van der Waals surface area contributed by atoms with Crippen molar-refractivity contribution in [2.75, 3.05) is 33.4 Å². The minimum absolute atomic E-state index is 0.692. The van der Waals surface area contributed by atoms with Gasteiger partial charge in [-0.25, -0.2) is 0 Å². The summed E-state index contributed by atoms with van der Waals surface area (Å²) in [5.41, 5.74) is 0. The molecule has 1 aliphatic heterocycles. The summed E-state index contributed by atoms with van der Waals surface area (Å²) in [6.45, 7) is 3.93. The van der Waals surface area contributed by atoms with E-state index in [1.807, 2.05) is 0 Å². The minimum Gasteiger partial charge on any atom is -0.384 e. The average molecular weight is 167 g/mol. The Morgan fingerprint density at radius 1 is 1.67 bits per heavy atom. The number of hydrogen-bond donors (Lipinski definition) is 0. The molecule has 0 N–H and O–H groups in total. The Morgan fingerprint density at radius 3 is 3.17 bits per heavy atom. The van der Waals surface area contributed by atoms with E-state index in [9.17, 15) is 0 Å². The van der Waals surface area contributed by atoms with Crippen molar-refractivity contribution in [2.24, 2.45) is 5.92 Å². The van der Waals surface area contributed by atoms with Gasteiger partial charge in [-0.3, -0.25) is 4.90 Å². The number of methoxy groups -OCH3 is 1. The zero-order valence-electron chi connectivity index (χ0n) is 7.75. The van der Waals surface area contributed by atoms with E-state index >= 15 is 0 Å². The molecule has 1 aliphatic rings. The Kier molecular flexibility index (Phi) is 4.13. The largest absolute Gasteiger partial charge is 0.384 e. The van der Waals surface area contributed by atoms with Crippen molar-refractivity contribution in [3.8, 4) is 12.3 Å². The summed E-state index contributed by atoms with van der Waals surface area (Å²) in [5.74, 6) is 3.38. The van der Waals surface area contributed by atoms with Gasteiger partial charge in [0.25, 0.3) is 0 Å². The first-order valence-corrected chi connectivity index (χ1v) is 4.51. The van der Waals surface area contributed by atoms with Crippen molar-refractivity contribution >= 4 is 0 Å². The van der Waals surface area contributed by atoms with Gasteiger partial charge in [-0.2, -0.15) is 0 Å². The van der Waals surface area contributed by atoms with Crippen LogP contribution in [-0.2, 0) is 4.74 Å². The maximum Gasteiger partial charge on any atom is 0.0599 e. The molecule has 0 aromatic heterocycles. The van der Waals surface area contributed by atoms with E-state index in [1.165, 1.54) is 12.8 Å². The first kappa shape index (κ1) is 9.57. The van der Waals surface area contributed by atoms with E-state index in [1.54, 1.807) is 7.11 Å². The highest BCUT2D eigenvalue weighted by atomic mass is 16.5. The zero-order chi connectivity index (χ0) is 8.81. The normalized spacial score (nSPS) is 25.2. The number of rotatable bonds is 3. The van der Waals surface area contributed by atoms with Crippen LogP contribution in [0.4, 0.5) is 0 Å².